The van der Waals surface area contributed by atoms with Gasteiger partial charge in [-0.1, -0.05) is 42.5 Å². The van der Waals surface area contributed by atoms with Gasteiger partial charge in [0.1, 0.15) is 10.6 Å². The van der Waals surface area contributed by atoms with Gasteiger partial charge in [-0.3, -0.25) is 0 Å². The number of carboxylic acid groups (broad SMARTS) is 1. The van der Waals surface area contributed by atoms with Gasteiger partial charge in [-0.05, 0) is 17.7 Å². The SMILES string of the molecule is COc1ccc(Cc2nc(-c3ccccc3)c(C(=O)O)s2)cc1. The number of benzene rings is 2. The largest absolute Gasteiger partial charge is 0.497 e. The predicted molar refractivity (Wildman–Crippen MR) is 90.3 cm³/mol. The van der Waals surface area contributed by atoms with Crippen molar-refractivity contribution in [3.63, 3.8) is 0 Å². The van der Waals surface area contributed by atoms with Crippen LogP contribution in [0.3, 0.4) is 0 Å². The molecule has 5 heteroatoms. The van der Waals surface area contributed by atoms with Crippen LogP contribution in [0.15, 0.2) is 54.6 Å². The van der Waals surface area contributed by atoms with Crippen molar-refractivity contribution in [1.29, 1.82) is 0 Å². The highest BCUT2D eigenvalue weighted by Crippen LogP contribution is 2.29. The van der Waals surface area contributed by atoms with Crippen LogP contribution in [0.2, 0.25) is 0 Å². The van der Waals surface area contributed by atoms with Crippen LogP contribution in [0.5, 0.6) is 5.75 Å². The molecule has 2 aromatic carbocycles. The van der Waals surface area contributed by atoms with Crippen molar-refractivity contribution >= 4 is 17.3 Å². The predicted octanol–water partition coefficient (Wildman–Crippen LogP) is 4.11. The molecule has 23 heavy (non-hydrogen) atoms. The van der Waals surface area contributed by atoms with Crippen LogP contribution in [0.1, 0.15) is 20.2 Å². The number of carboxylic acids is 1. The van der Waals surface area contributed by atoms with Crippen LogP contribution in [-0.2, 0) is 6.42 Å². The van der Waals surface area contributed by atoms with Crippen LogP contribution in [0, 0.1) is 0 Å². The first-order chi connectivity index (χ1) is 11.2. The first-order valence-corrected chi connectivity index (χ1v) is 7.90. The van der Waals surface area contributed by atoms with Crippen molar-refractivity contribution < 1.29 is 14.6 Å². The molecule has 0 amide bonds. The maximum Gasteiger partial charge on any atom is 0.348 e. The number of hydrogen-bond donors (Lipinski definition) is 1. The van der Waals surface area contributed by atoms with Crippen LogP contribution in [0.4, 0.5) is 0 Å². The monoisotopic (exact) mass is 325 g/mol. The summed E-state index contributed by atoms with van der Waals surface area (Å²) >= 11 is 1.23. The molecule has 0 bridgehead atoms. The van der Waals surface area contributed by atoms with Crippen LogP contribution >= 0.6 is 11.3 Å². The highest BCUT2D eigenvalue weighted by atomic mass is 32.1. The zero-order valence-corrected chi connectivity index (χ0v) is 13.3. The Labute approximate surface area is 138 Å². The second kappa shape index (κ2) is 6.62. The molecule has 0 aliphatic heterocycles. The van der Waals surface area contributed by atoms with Crippen molar-refractivity contribution in [3.8, 4) is 17.0 Å². The summed E-state index contributed by atoms with van der Waals surface area (Å²) in [4.78, 5) is 16.3. The van der Waals surface area contributed by atoms with Gasteiger partial charge in [0.25, 0.3) is 0 Å². The summed E-state index contributed by atoms with van der Waals surface area (Å²) in [5.74, 6) is -0.147. The molecule has 0 aliphatic rings. The zero-order valence-electron chi connectivity index (χ0n) is 12.5. The second-order valence-corrected chi connectivity index (χ2v) is 6.06. The van der Waals surface area contributed by atoms with Gasteiger partial charge in [0, 0.05) is 12.0 Å². The van der Waals surface area contributed by atoms with E-state index < -0.39 is 5.97 Å². The van der Waals surface area contributed by atoms with Gasteiger partial charge in [0.15, 0.2) is 0 Å². The number of methoxy groups -OCH3 is 1. The molecule has 0 radical (unpaired) electrons. The van der Waals surface area contributed by atoms with Gasteiger partial charge in [-0.2, -0.15) is 0 Å². The summed E-state index contributed by atoms with van der Waals surface area (Å²) in [5, 5.41) is 10.2. The molecule has 1 N–H and O–H groups in total. The normalized spacial score (nSPS) is 10.5. The lowest BCUT2D eigenvalue weighted by Gasteiger charge is -2.01. The minimum absolute atomic E-state index is 0.278. The van der Waals surface area contributed by atoms with Gasteiger partial charge in [-0.25, -0.2) is 9.78 Å². The smallest absolute Gasteiger partial charge is 0.348 e. The fraction of sp³-hybridized carbons (Fsp3) is 0.111. The molecule has 0 unspecified atom stereocenters. The highest BCUT2D eigenvalue weighted by Gasteiger charge is 2.18. The molecule has 3 aromatic rings. The summed E-state index contributed by atoms with van der Waals surface area (Å²) in [6, 6.07) is 17.1. The van der Waals surface area contributed by atoms with E-state index in [0.29, 0.717) is 12.1 Å². The van der Waals surface area contributed by atoms with E-state index in [1.54, 1.807) is 7.11 Å². The highest BCUT2D eigenvalue weighted by molar-refractivity contribution is 7.14. The number of aromatic carboxylic acids is 1. The van der Waals surface area contributed by atoms with E-state index in [-0.39, 0.29) is 4.88 Å². The van der Waals surface area contributed by atoms with Crippen LogP contribution in [-0.4, -0.2) is 23.2 Å². The quantitative estimate of drug-likeness (QED) is 0.767. The van der Waals surface area contributed by atoms with E-state index in [0.717, 1.165) is 21.9 Å². The maximum absolute atomic E-state index is 11.5. The van der Waals surface area contributed by atoms with E-state index in [2.05, 4.69) is 4.98 Å². The minimum Gasteiger partial charge on any atom is -0.497 e. The number of hydrogen-bond acceptors (Lipinski definition) is 4. The first-order valence-electron chi connectivity index (χ1n) is 7.08. The van der Waals surface area contributed by atoms with Crippen molar-refractivity contribution in [1.82, 2.24) is 4.98 Å². The van der Waals surface area contributed by atoms with Crippen molar-refractivity contribution in [2.75, 3.05) is 7.11 Å². The molecule has 3 rings (SSSR count). The van der Waals surface area contributed by atoms with Gasteiger partial charge in [0.05, 0.1) is 17.8 Å². The Balaban J connectivity index is 1.92. The Hall–Kier alpha value is -2.66. The van der Waals surface area contributed by atoms with E-state index >= 15 is 0 Å². The average Bonchev–Trinajstić information content (AvgIpc) is 3.00. The Bertz CT molecular complexity index is 810. The van der Waals surface area contributed by atoms with Gasteiger partial charge < -0.3 is 9.84 Å². The lowest BCUT2D eigenvalue weighted by Crippen LogP contribution is -1.95. The molecule has 0 atom stereocenters. The van der Waals surface area contributed by atoms with Gasteiger partial charge >= 0.3 is 5.97 Å². The fourth-order valence-corrected chi connectivity index (χ4v) is 3.25. The Morgan fingerprint density at radius 1 is 1.13 bits per heavy atom. The third-order valence-electron chi connectivity index (χ3n) is 3.43. The van der Waals surface area contributed by atoms with Crippen molar-refractivity contribution in [2.45, 2.75) is 6.42 Å². The summed E-state index contributed by atoms with van der Waals surface area (Å²) in [6.07, 6.45) is 0.599. The molecule has 116 valence electrons. The molecule has 0 saturated carbocycles. The minimum atomic E-state index is -0.942. The van der Waals surface area contributed by atoms with Crippen LogP contribution in [0.25, 0.3) is 11.3 Å². The number of thiazole rings is 1. The fourth-order valence-electron chi connectivity index (χ4n) is 2.29. The van der Waals surface area contributed by atoms with Crippen LogP contribution < -0.4 is 4.74 Å². The van der Waals surface area contributed by atoms with Gasteiger partial charge in [0.2, 0.25) is 0 Å². The van der Waals surface area contributed by atoms with Crippen molar-refractivity contribution in [3.05, 3.63) is 70.0 Å². The molecular formula is C18H15NO3S. The lowest BCUT2D eigenvalue weighted by molar-refractivity contribution is 0.0702. The number of carbonyl (C=O) groups is 1. The van der Waals surface area contributed by atoms with E-state index in [4.69, 9.17) is 4.74 Å². The number of rotatable bonds is 5. The Morgan fingerprint density at radius 3 is 2.43 bits per heavy atom. The molecule has 1 heterocycles. The molecule has 0 aliphatic carbocycles. The molecule has 0 fully saturated rings. The first kappa shape index (κ1) is 15.2. The molecular weight excluding hydrogens is 310 g/mol. The Kier molecular flexibility index (Phi) is 4.39. The van der Waals surface area contributed by atoms with E-state index in [9.17, 15) is 9.90 Å². The van der Waals surface area contributed by atoms with Gasteiger partial charge in [-0.15, -0.1) is 11.3 Å². The number of ether oxygens (including phenoxy) is 1. The summed E-state index contributed by atoms with van der Waals surface area (Å²) < 4.78 is 5.14. The molecule has 4 nitrogen and oxygen atoms in total. The van der Waals surface area contributed by atoms with E-state index in [1.807, 2.05) is 54.6 Å². The zero-order chi connectivity index (χ0) is 16.2. The number of nitrogens with zero attached hydrogens (tertiary/aromatic N) is 1. The average molecular weight is 325 g/mol. The third kappa shape index (κ3) is 3.40. The Morgan fingerprint density at radius 2 is 1.83 bits per heavy atom. The maximum atomic E-state index is 11.5. The second-order valence-electron chi connectivity index (χ2n) is 4.98. The number of aromatic nitrogens is 1. The molecule has 0 saturated heterocycles. The molecule has 0 spiro atoms. The summed E-state index contributed by atoms with van der Waals surface area (Å²) in [6.45, 7) is 0. The lowest BCUT2D eigenvalue weighted by atomic mass is 10.1. The topological polar surface area (TPSA) is 59.4 Å². The van der Waals surface area contributed by atoms with Crippen molar-refractivity contribution in [2.24, 2.45) is 0 Å². The summed E-state index contributed by atoms with van der Waals surface area (Å²) in [7, 11) is 1.63. The summed E-state index contributed by atoms with van der Waals surface area (Å²) in [5.41, 5.74) is 2.42. The molecule has 1 aromatic heterocycles. The van der Waals surface area contributed by atoms with E-state index in [1.165, 1.54) is 11.3 Å². The third-order valence-corrected chi connectivity index (χ3v) is 4.47. The standard InChI is InChI=1S/C18H15NO3S/c1-22-14-9-7-12(8-10-14)11-15-19-16(17(23-15)18(20)21)13-5-3-2-4-6-13/h2-10H,11H2,1H3,(H,20,21).